The van der Waals surface area contributed by atoms with E-state index in [9.17, 15) is 14.4 Å². The third-order valence-electron chi connectivity index (χ3n) is 5.28. The Kier molecular flexibility index (Phi) is 5.20. The number of hydrogen-bond donors (Lipinski definition) is 2. The molecule has 7 nitrogen and oxygen atoms in total. The van der Waals surface area contributed by atoms with Gasteiger partial charge in [0, 0.05) is 25.2 Å². The lowest BCUT2D eigenvalue weighted by Gasteiger charge is -2.24. The lowest BCUT2D eigenvalue weighted by Crippen LogP contribution is -2.34. The molecular formula is C22H23N3O4. The molecule has 1 saturated heterocycles. The van der Waals surface area contributed by atoms with Gasteiger partial charge >= 0.3 is 0 Å². The number of anilines is 2. The molecular weight excluding hydrogens is 370 g/mol. The highest BCUT2D eigenvalue weighted by atomic mass is 16.5. The summed E-state index contributed by atoms with van der Waals surface area (Å²) in [5.74, 6) is -0.243. The molecule has 1 fully saturated rings. The highest BCUT2D eigenvalue weighted by molar-refractivity contribution is 6.00. The van der Waals surface area contributed by atoms with Crippen LogP contribution in [0.25, 0.3) is 0 Å². The molecule has 3 amide bonds. The number of carbonyl (C=O) groups excluding carboxylic acids is 3. The number of hydrogen-bond acceptors (Lipinski definition) is 4. The van der Waals surface area contributed by atoms with Crippen molar-refractivity contribution in [1.82, 2.24) is 4.90 Å². The Balaban J connectivity index is 1.35. The molecule has 2 heterocycles. The lowest BCUT2D eigenvalue weighted by atomic mass is 10.1. The van der Waals surface area contributed by atoms with Gasteiger partial charge in [-0.05, 0) is 37.1 Å². The normalized spacial score (nSPS) is 20.7. The number of nitrogens with one attached hydrogen (secondary N) is 2. The van der Waals surface area contributed by atoms with Crippen molar-refractivity contribution in [2.24, 2.45) is 5.92 Å². The first-order valence-electron chi connectivity index (χ1n) is 9.74. The quantitative estimate of drug-likeness (QED) is 0.817. The van der Waals surface area contributed by atoms with Crippen LogP contribution in [-0.2, 0) is 20.8 Å². The van der Waals surface area contributed by atoms with Crippen molar-refractivity contribution in [2.75, 3.05) is 23.7 Å². The zero-order chi connectivity index (χ0) is 20.4. The van der Waals surface area contributed by atoms with Crippen LogP contribution in [0.3, 0.4) is 0 Å². The third-order valence-corrected chi connectivity index (χ3v) is 5.28. The van der Waals surface area contributed by atoms with E-state index in [1.165, 1.54) is 5.56 Å². The summed E-state index contributed by atoms with van der Waals surface area (Å²) < 4.78 is 5.52. The molecule has 0 spiro atoms. The zero-order valence-electron chi connectivity index (χ0n) is 16.2. The second-order valence-electron chi connectivity index (χ2n) is 7.43. The lowest BCUT2D eigenvalue weighted by molar-refractivity contribution is -0.128. The fourth-order valence-electron chi connectivity index (χ4n) is 3.60. The number of rotatable bonds is 5. The number of nitrogens with zero attached hydrogens (tertiary/aromatic N) is 1. The first-order chi connectivity index (χ1) is 14.0. The summed E-state index contributed by atoms with van der Waals surface area (Å²) in [6, 6.07) is 15.1. The van der Waals surface area contributed by atoms with E-state index in [1.807, 2.05) is 30.3 Å². The maximum Gasteiger partial charge on any atom is 0.265 e. The number of benzene rings is 2. The van der Waals surface area contributed by atoms with Crippen LogP contribution in [0.15, 0.2) is 48.5 Å². The average Bonchev–Trinajstić information content (AvgIpc) is 3.09. The van der Waals surface area contributed by atoms with Crippen molar-refractivity contribution in [1.29, 1.82) is 0 Å². The van der Waals surface area contributed by atoms with Gasteiger partial charge in [-0.3, -0.25) is 14.4 Å². The Morgan fingerprint density at radius 2 is 2.00 bits per heavy atom. The highest BCUT2D eigenvalue weighted by Gasteiger charge is 2.34. The molecule has 2 aromatic carbocycles. The minimum absolute atomic E-state index is 0.00109. The van der Waals surface area contributed by atoms with Crippen molar-refractivity contribution in [3.05, 3.63) is 54.1 Å². The molecule has 0 aromatic heterocycles. The van der Waals surface area contributed by atoms with E-state index in [4.69, 9.17) is 4.74 Å². The molecule has 2 aliphatic heterocycles. The molecule has 0 bridgehead atoms. The maximum absolute atomic E-state index is 12.7. The fourth-order valence-corrected chi connectivity index (χ4v) is 3.60. The van der Waals surface area contributed by atoms with Crippen LogP contribution in [0.2, 0.25) is 0 Å². The number of likely N-dealkylation sites (tertiary alicyclic amines) is 1. The summed E-state index contributed by atoms with van der Waals surface area (Å²) >= 11 is 0. The van der Waals surface area contributed by atoms with Crippen LogP contribution in [0.1, 0.15) is 18.9 Å². The van der Waals surface area contributed by atoms with E-state index >= 15 is 0 Å². The molecule has 0 radical (unpaired) electrons. The summed E-state index contributed by atoms with van der Waals surface area (Å²) in [6.45, 7) is 2.70. The molecule has 4 rings (SSSR count). The molecule has 2 atom stereocenters. The van der Waals surface area contributed by atoms with Crippen LogP contribution >= 0.6 is 0 Å². The van der Waals surface area contributed by atoms with Crippen LogP contribution in [0, 0.1) is 5.92 Å². The average molecular weight is 393 g/mol. The largest absolute Gasteiger partial charge is 0.479 e. The minimum atomic E-state index is -0.547. The van der Waals surface area contributed by atoms with E-state index in [0.717, 1.165) is 6.42 Å². The van der Waals surface area contributed by atoms with Crippen LogP contribution in [0.5, 0.6) is 5.75 Å². The van der Waals surface area contributed by atoms with Gasteiger partial charge in [-0.25, -0.2) is 0 Å². The summed E-state index contributed by atoms with van der Waals surface area (Å²) in [7, 11) is 0. The fraction of sp³-hybridized carbons (Fsp3) is 0.318. The van der Waals surface area contributed by atoms with E-state index < -0.39 is 6.10 Å². The number of carbonyl (C=O) groups is 3. The number of fused-ring (bicyclic) bond motifs is 1. The minimum Gasteiger partial charge on any atom is -0.479 e. The zero-order valence-corrected chi connectivity index (χ0v) is 16.2. The standard InChI is InChI=1S/C22H23N3O4/c1-14-21(27)24-18-12-17(7-8-19(18)29-14)23-22(28)16-11-20(26)25(13-16)10-9-15-5-3-2-4-6-15/h2-8,12,14,16H,9-11,13H2,1H3,(H,23,28)(H,24,27). The molecule has 7 heteroatoms. The Bertz CT molecular complexity index is 944. The molecule has 2 aromatic rings. The van der Waals surface area contributed by atoms with Gasteiger partial charge in [0.2, 0.25) is 11.8 Å². The van der Waals surface area contributed by atoms with Crippen LogP contribution in [-0.4, -0.2) is 41.8 Å². The van der Waals surface area contributed by atoms with Gasteiger partial charge in [-0.1, -0.05) is 30.3 Å². The van der Waals surface area contributed by atoms with Crippen molar-refractivity contribution >= 4 is 29.1 Å². The van der Waals surface area contributed by atoms with Crippen molar-refractivity contribution in [3.8, 4) is 5.75 Å². The van der Waals surface area contributed by atoms with Crippen molar-refractivity contribution < 1.29 is 19.1 Å². The smallest absolute Gasteiger partial charge is 0.265 e. The molecule has 2 aliphatic rings. The summed E-state index contributed by atoms with van der Waals surface area (Å²) in [6.07, 6.45) is 0.432. The first kappa shape index (κ1) is 19.0. The Hall–Kier alpha value is -3.35. The van der Waals surface area contributed by atoms with Gasteiger partial charge < -0.3 is 20.3 Å². The molecule has 2 unspecified atom stereocenters. The molecule has 0 saturated carbocycles. The van der Waals surface area contributed by atoms with Gasteiger partial charge in [-0.2, -0.15) is 0 Å². The Morgan fingerprint density at radius 1 is 1.21 bits per heavy atom. The van der Waals surface area contributed by atoms with E-state index in [1.54, 1.807) is 30.0 Å². The SMILES string of the molecule is CC1Oc2ccc(NC(=O)C3CC(=O)N(CCc4ccccc4)C3)cc2NC1=O. The van der Waals surface area contributed by atoms with Gasteiger partial charge in [0.25, 0.3) is 5.91 Å². The number of amides is 3. The Morgan fingerprint density at radius 3 is 2.79 bits per heavy atom. The van der Waals surface area contributed by atoms with E-state index in [2.05, 4.69) is 10.6 Å². The first-order valence-corrected chi connectivity index (χ1v) is 9.74. The molecule has 2 N–H and O–H groups in total. The second-order valence-corrected chi connectivity index (χ2v) is 7.43. The summed E-state index contributed by atoms with van der Waals surface area (Å²) in [4.78, 5) is 38.5. The molecule has 0 aliphatic carbocycles. The molecule has 150 valence electrons. The summed E-state index contributed by atoms with van der Waals surface area (Å²) in [5.41, 5.74) is 2.25. The summed E-state index contributed by atoms with van der Waals surface area (Å²) in [5, 5.41) is 5.61. The highest BCUT2D eigenvalue weighted by Crippen LogP contribution is 2.32. The number of ether oxygens (including phenoxy) is 1. The van der Waals surface area contributed by atoms with Gasteiger partial charge in [0.1, 0.15) is 5.75 Å². The Labute approximate surface area is 169 Å². The van der Waals surface area contributed by atoms with Crippen molar-refractivity contribution in [3.63, 3.8) is 0 Å². The van der Waals surface area contributed by atoms with Crippen LogP contribution in [0.4, 0.5) is 11.4 Å². The van der Waals surface area contributed by atoms with E-state index in [0.29, 0.717) is 30.2 Å². The predicted molar refractivity (Wildman–Crippen MR) is 109 cm³/mol. The van der Waals surface area contributed by atoms with Crippen molar-refractivity contribution in [2.45, 2.75) is 25.9 Å². The monoisotopic (exact) mass is 393 g/mol. The topological polar surface area (TPSA) is 87.7 Å². The van der Waals surface area contributed by atoms with Gasteiger partial charge in [0.05, 0.1) is 11.6 Å². The van der Waals surface area contributed by atoms with E-state index in [-0.39, 0.29) is 30.1 Å². The van der Waals surface area contributed by atoms with Gasteiger partial charge in [-0.15, -0.1) is 0 Å². The molecule has 29 heavy (non-hydrogen) atoms. The third kappa shape index (κ3) is 4.23. The predicted octanol–water partition coefficient (Wildman–Crippen LogP) is 2.44. The van der Waals surface area contributed by atoms with Gasteiger partial charge in [0.15, 0.2) is 6.10 Å². The second kappa shape index (κ2) is 7.95. The van der Waals surface area contributed by atoms with Crippen LogP contribution < -0.4 is 15.4 Å². The maximum atomic E-state index is 12.7.